The van der Waals surface area contributed by atoms with Gasteiger partial charge in [-0.15, -0.1) is 0 Å². The van der Waals surface area contributed by atoms with Gasteiger partial charge in [0.1, 0.15) is 12.2 Å². The lowest BCUT2D eigenvalue weighted by Crippen LogP contribution is -2.21. The number of nitrogens with one attached hydrogen (secondary N) is 1. The van der Waals surface area contributed by atoms with E-state index in [2.05, 4.69) is 27.2 Å². The van der Waals surface area contributed by atoms with Crippen LogP contribution in [0.15, 0.2) is 6.33 Å². The molecule has 0 spiro atoms. The summed E-state index contributed by atoms with van der Waals surface area (Å²) in [6.07, 6.45) is 4.28. The molecule has 0 fully saturated rings. The summed E-state index contributed by atoms with van der Waals surface area (Å²) < 4.78 is 0. The van der Waals surface area contributed by atoms with Crippen LogP contribution in [-0.2, 0) is 6.42 Å². The zero-order valence-electron chi connectivity index (χ0n) is 8.45. The molecule has 0 saturated carbocycles. The van der Waals surface area contributed by atoms with Crippen molar-refractivity contribution in [2.45, 2.75) is 26.2 Å². The number of hydrogen-bond donors (Lipinski definition) is 1. The van der Waals surface area contributed by atoms with Crippen LogP contribution in [0.25, 0.3) is 0 Å². The summed E-state index contributed by atoms with van der Waals surface area (Å²) in [6.45, 7) is 2.10. The lowest BCUT2D eigenvalue weighted by atomic mass is 10.2. The highest BCUT2D eigenvalue weighted by Crippen LogP contribution is 1.98. The van der Waals surface area contributed by atoms with Crippen LogP contribution in [0.1, 0.15) is 36.2 Å². The minimum atomic E-state index is -0.273. The molecule has 1 aromatic rings. The Morgan fingerprint density at radius 2 is 2.29 bits per heavy atom. The Balaban J connectivity index is 2.73. The van der Waals surface area contributed by atoms with Crippen LogP contribution < -0.4 is 5.32 Å². The van der Waals surface area contributed by atoms with E-state index in [9.17, 15) is 4.79 Å². The first-order valence-corrected chi connectivity index (χ1v) is 4.68. The average Bonchev–Trinajstić information content (AvgIpc) is 2.25. The van der Waals surface area contributed by atoms with Gasteiger partial charge in [-0.2, -0.15) is 0 Å². The smallest absolute Gasteiger partial charge is 0.288 e. The SMILES string of the molecule is CCCCc1ncnc(C(=O)NC)n1. The second-order valence-electron chi connectivity index (χ2n) is 2.91. The van der Waals surface area contributed by atoms with Crippen LogP contribution >= 0.6 is 0 Å². The van der Waals surface area contributed by atoms with Crippen LogP contribution in [0, 0.1) is 0 Å². The number of carbonyl (C=O) groups is 1. The van der Waals surface area contributed by atoms with E-state index in [1.807, 2.05) is 0 Å². The number of carbonyl (C=O) groups excluding carboxylic acids is 1. The molecular formula is C9H14N4O. The van der Waals surface area contributed by atoms with Crippen molar-refractivity contribution in [2.24, 2.45) is 0 Å². The van der Waals surface area contributed by atoms with Crippen molar-refractivity contribution in [3.63, 3.8) is 0 Å². The Kier molecular flexibility index (Phi) is 3.97. The summed E-state index contributed by atoms with van der Waals surface area (Å²) in [5.41, 5.74) is 0. The molecule has 5 nitrogen and oxygen atoms in total. The molecule has 0 bridgehead atoms. The van der Waals surface area contributed by atoms with Crippen LogP contribution in [0.3, 0.4) is 0 Å². The average molecular weight is 194 g/mol. The fourth-order valence-electron chi connectivity index (χ4n) is 1.01. The minimum absolute atomic E-state index is 0.189. The van der Waals surface area contributed by atoms with Gasteiger partial charge in [0, 0.05) is 13.5 Å². The van der Waals surface area contributed by atoms with E-state index in [1.54, 1.807) is 7.05 Å². The molecule has 0 saturated heterocycles. The first-order valence-electron chi connectivity index (χ1n) is 4.68. The van der Waals surface area contributed by atoms with Gasteiger partial charge in [0.15, 0.2) is 0 Å². The van der Waals surface area contributed by atoms with Gasteiger partial charge in [0.25, 0.3) is 5.91 Å². The monoisotopic (exact) mass is 194 g/mol. The third-order valence-corrected chi connectivity index (χ3v) is 1.81. The van der Waals surface area contributed by atoms with Crippen molar-refractivity contribution < 1.29 is 4.79 Å². The predicted octanol–water partition coefficient (Wildman–Crippen LogP) is 0.574. The van der Waals surface area contributed by atoms with Gasteiger partial charge in [0.05, 0.1) is 0 Å². The van der Waals surface area contributed by atoms with Crippen LogP contribution in [-0.4, -0.2) is 27.9 Å². The molecule has 0 unspecified atom stereocenters. The largest absolute Gasteiger partial charge is 0.352 e. The van der Waals surface area contributed by atoms with Gasteiger partial charge in [-0.1, -0.05) is 13.3 Å². The van der Waals surface area contributed by atoms with Crippen LogP contribution in [0.5, 0.6) is 0 Å². The number of nitrogens with zero attached hydrogens (tertiary/aromatic N) is 3. The van der Waals surface area contributed by atoms with Gasteiger partial charge < -0.3 is 5.32 Å². The van der Waals surface area contributed by atoms with Crippen LogP contribution in [0.2, 0.25) is 0 Å². The highest BCUT2D eigenvalue weighted by molar-refractivity contribution is 5.89. The molecule has 14 heavy (non-hydrogen) atoms. The first-order chi connectivity index (χ1) is 6.77. The van der Waals surface area contributed by atoms with Crippen molar-refractivity contribution in [1.29, 1.82) is 0 Å². The van der Waals surface area contributed by atoms with E-state index < -0.39 is 0 Å². The standard InChI is InChI=1S/C9H14N4O/c1-3-4-5-7-11-6-12-8(13-7)9(14)10-2/h6H,3-5H2,1-2H3,(H,10,14). The van der Waals surface area contributed by atoms with Crippen molar-refractivity contribution in [3.05, 3.63) is 18.0 Å². The summed E-state index contributed by atoms with van der Waals surface area (Å²) in [6, 6.07) is 0. The third-order valence-electron chi connectivity index (χ3n) is 1.81. The number of hydrogen-bond acceptors (Lipinski definition) is 4. The fraction of sp³-hybridized carbons (Fsp3) is 0.556. The molecule has 1 amide bonds. The first kappa shape index (κ1) is 10.6. The van der Waals surface area contributed by atoms with E-state index in [0.29, 0.717) is 5.82 Å². The summed E-state index contributed by atoms with van der Waals surface area (Å²) in [4.78, 5) is 23.0. The number of aryl methyl sites for hydroxylation is 1. The maximum atomic E-state index is 11.2. The van der Waals surface area contributed by atoms with Gasteiger partial charge in [-0.05, 0) is 6.42 Å². The molecule has 5 heteroatoms. The fourth-order valence-corrected chi connectivity index (χ4v) is 1.01. The molecular weight excluding hydrogens is 180 g/mol. The topological polar surface area (TPSA) is 67.8 Å². The molecule has 0 aromatic carbocycles. The van der Waals surface area contributed by atoms with E-state index >= 15 is 0 Å². The Morgan fingerprint density at radius 3 is 2.93 bits per heavy atom. The van der Waals surface area contributed by atoms with Crippen molar-refractivity contribution in [1.82, 2.24) is 20.3 Å². The van der Waals surface area contributed by atoms with E-state index in [-0.39, 0.29) is 11.7 Å². The Morgan fingerprint density at radius 1 is 1.50 bits per heavy atom. The third kappa shape index (κ3) is 2.76. The zero-order chi connectivity index (χ0) is 10.4. The van der Waals surface area contributed by atoms with Gasteiger partial charge >= 0.3 is 0 Å². The quantitative estimate of drug-likeness (QED) is 0.761. The second kappa shape index (κ2) is 5.26. The molecule has 0 aliphatic heterocycles. The number of rotatable bonds is 4. The van der Waals surface area contributed by atoms with E-state index in [0.717, 1.165) is 19.3 Å². The maximum absolute atomic E-state index is 11.2. The van der Waals surface area contributed by atoms with Crippen molar-refractivity contribution >= 4 is 5.91 Å². The van der Waals surface area contributed by atoms with E-state index in [4.69, 9.17) is 0 Å². The summed E-state index contributed by atoms with van der Waals surface area (Å²) in [7, 11) is 1.55. The van der Waals surface area contributed by atoms with Gasteiger partial charge in [-0.3, -0.25) is 4.79 Å². The maximum Gasteiger partial charge on any atom is 0.288 e. The predicted molar refractivity (Wildman–Crippen MR) is 51.8 cm³/mol. The highest BCUT2D eigenvalue weighted by Gasteiger charge is 2.07. The van der Waals surface area contributed by atoms with Gasteiger partial charge in [-0.25, -0.2) is 15.0 Å². The zero-order valence-corrected chi connectivity index (χ0v) is 8.45. The van der Waals surface area contributed by atoms with E-state index in [1.165, 1.54) is 6.33 Å². The lowest BCUT2D eigenvalue weighted by Gasteiger charge is -2.00. The highest BCUT2D eigenvalue weighted by atomic mass is 16.2. The molecule has 0 aliphatic rings. The van der Waals surface area contributed by atoms with Crippen molar-refractivity contribution in [2.75, 3.05) is 7.05 Å². The minimum Gasteiger partial charge on any atom is -0.352 e. The van der Waals surface area contributed by atoms with Crippen molar-refractivity contribution in [3.8, 4) is 0 Å². The molecule has 1 heterocycles. The Hall–Kier alpha value is -1.52. The molecule has 1 rings (SSSR count). The molecule has 0 aliphatic carbocycles. The Labute approximate surface area is 83.0 Å². The summed E-state index contributed by atoms with van der Waals surface area (Å²) >= 11 is 0. The number of aromatic nitrogens is 3. The van der Waals surface area contributed by atoms with Gasteiger partial charge in [0.2, 0.25) is 5.82 Å². The molecule has 76 valence electrons. The molecule has 1 N–H and O–H groups in total. The molecule has 0 atom stereocenters. The Bertz CT molecular complexity index is 313. The summed E-state index contributed by atoms with van der Waals surface area (Å²) in [5.74, 6) is 0.596. The van der Waals surface area contributed by atoms with Crippen LogP contribution in [0.4, 0.5) is 0 Å². The molecule has 1 aromatic heterocycles. The number of amides is 1. The number of unbranched alkanes of at least 4 members (excludes halogenated alkanes) is 1. The normalized spacial score (nSPS) is 9.86. The second-order valence-corrected chi connectivity index (χ2v) is 2.91. The summed E-state index contributed by atoms with van der Waals surface area (Å²) in [5, 5.41) is 2.47. The lowest BCUT2D eigenvalue weighted by molar-refractivity contribution is 0.0952. The molecule has 0 radical (unpaired) electrons.